The molecule has 146 valence electrons. The maximum atomic E-state index is 12.6. The van der Waals surface area contributed by atoms with Crippen LogP contribution in [0, 0.1) is 18.3 Å². The van der Waals surface area contributed by atoms with Crippen LogP contribution in [0.15, 0.2) is 48.0 Å². The van der Waals surface area contributed by atoms with Crippen LogP contribution in [0.5, 0.6) is 0 Å². The maximum Gasteiger partial charge on any atom is 0.266 e. The summed E-state index contributed by atoms with van der Waals surface area (Å²) < 4.78 is 0. The van der Waals surface area contributed by atoms with Crippen molar-refractivity contribution in [1.82, 2.24) is 4.98 Å². The molecule has 0 radical (unpaired) electrons. The van der Waals surface area contributed by atoms with Gasteiger partial charge in [0.15, 0.2) is 0 Å². The Morgan fingerprint density at radius 3 is 2.52 bits per heavy atom. The number of aryl methyl sites for hydroxylation is 2. The van der Waals surface area contributed by atoms with Crippen molar-refractivity contribution in [2.24, 2.45) is 0 Å². The molecule has 0 aliphatic rings. The summed E-state index contributed by atoms with van der Waals surface area (Å²) in [5, 5.41) is 13.0. The first kappa shape index (κ1) is 20.1. The number of benzene rings is 2. The van der Waals surface area contributed by atoms with Gasteiger partial charge in [-0.15, -0.1) is 0 Å². The predicted molar refractivity (Wildman–Crippen MR) is 118 cm³/mol. The molecule has 3 aromatic rings. The number of hydrogen-bond donors (Lipinski definition) is 2. The van der Waals surface area contributed by atoms with Crippen molar-refractivity contribution in [1.29, 1.82) is 5.26 Å². The second-order valence-electron chi connectivity index (χ2n) is 6.92. The molecule has 5 nitrogen and oxygen atoms in total. The molecular formula is C24H24N4O. The molecule has 0 aliphatic heterocycles. The fourth-order valence-electron chi connectivity index (χ4n) is 3.32. The summed E-state index contributed by atoms with van der Waals surface area (Å²) in [7, 11) is 0. The molecule has 3 rings (SSSR count). The molecule has 0 unspecified atom stereocenters. The Labute approximate surface area is 170 Å². The van der Waals surface area contributed by atoms with Crippen molar-refractivity contribution in [2.75, 3.05) is 11.1 Å². The zero-order chi connectivity index (χ0) is 21.0. The van der Waals surface area contributed by atoms with Crippen LogP contribution >= 0.6 is 0 Å². The Morgan fingerprint density at radius 2 is 1.90 bits per heavy atom. The van der Waals surface area contributed by atoms with E-state index in [1.807, 2.05) is 49.4 Å². The molecule has 1 amide bonds. The summed E-state index contributed by atoms with van der Waals surface area (Å²) in [5.41, 5.74) is 12.5. The minimum absolute atomic E-state index is 0.0376. The Kier molecular flexibility index (Phi) is 5.94. The quantitative estimate of drug-likeness (QED) is 0.488. The van der Waals surface area contributed by atoms with E-state index in [1.165, 1.54) is 0 Å². The summed E-state index contributed by atoms with van der Waals surface area (Å²) in [6.07, 6.45) is 3.19. The lowest BCUT2D eigenvalue weighted by Gasteiger charge is -2.13. The molecule has 1 heterocycles. The molecule has 3 N–H and O–H groups in total. The third-order valence-electron chi connectivity index (χ3n) is 4.92. The molecule has 0 fully saturated rings. The SMILES string of the molecule is CCc1nc2ccc(NC(=O)/C(C#N)=C/c3ccc(C)cc3)cc2c(N)c1CC. The number of hydrogen-bond acceptors (Lipinski definition) is 4. The number of carbonyl (C=O) groups excluding carboxylic acids is 1. The maximum absolute atomic E-state index is 12.6. The molecule has 1 aromatic heterocycles. The third-order valence-corrected chi connectivity index (χ3v) is 4.92. The van der Waals surface area contributed by atoms with Gasteiger partial charge in [-0.05, 0) is 55.2 Å². The van der Waals surface area contributed by atoms with Crippen LogP contribution in [0.3, 0.4) is 0 Å². The van der Waals surface area contributed by atoms with Crippen LogP contribution in [-0.2, 0) is 17.6 Å². The van der Waals surface area contributed by atoms with E-state index in [-0.39, 0.29) is 5.57 Å². The molecule has 0 bridgehead atoms. The Bertz CT molecular complexity index is 1140. The van der Waals surface area contributed by atoms with E-state index in [0.29, 0.717) is 11.4 Å². The van der Waals surface area contributed by atoms with Crippen molar-refractivity contribution >= 4 is 34.3 Å². The van der Waals surface area contributed by atoms with Crippen molar-refractivity contribution in [3.8, 4) is 6.07 Å². The zero-order valence-electron chi connectivity index (χ0n) is 16.9. The van der Waals surface area contributed by atoms with Gasteiger partial charge in [0.05, 0.1) is 5.52 Å². The molecule has 0 atom stereocenters. The molecule has 2 aromatic carbocycles. The lowest BCUT2D eigenvalue weighted by molar-refractivity contribution is -0.112. The minimum Gasteiger partial charge on any atom is -0.398 e. The van der Waals surface area contributed by atoms with Gasteiger partial charge in [0.1, 0.15) is 11.6 Å². The molecule has 0 saturated carbocycles. The smallest absolute Gasteiger partial charge is 0.266 e. The second-order valence-corrected chi connectivity index (χ2v) is 6.92. The number of nitrogen functional groups attached to an aromatic ring is 1. The summed E-state index contributed by atoms with van der Waals surface area (Å²) in [5.74, 6) is -0.458. The number of anilines is 2. The summed E-state index contributed by atoms with van der Waals surface area (Å²) in [6.45, 7) is 6.10. The number of nitriles is 1. The molecular weight excluding hydrogens is 360 g/mol. The minimum atomic E-state index is -0.458. The highest BCUT2D eigenvalue weighted by atomic mass is 16.1. The molecule has 29 heavy (non-hydrogen) atoms. The van der Waals surface area contributed by atoms with E-state index < -0.39 is 5.91 Å². The highest BCUT2D eigenvalue weighted by Gasteiger charge is 2.13. The topological polar surface area (TPSA) is 91.8 Å². The van der Waals surface area contributed by atoms with Gasteiger partial charge < -0.3 is 11.1 Å². The van der Waals surface area contributed by atoms with Crippen molar-refractivity contribution in [2.45, 2.75) is 33.6 Å². The standard InChI is InChI=1S/C24H24N4O/c1-4-19-21(5-2)28-22-11-10-18(13-20(22)23(19)26)27-24(29)17(14-25)12-16-8-6-15(3)7-9-16/h6-13H,4-5H2,1-3H3,(H2,26,28)(H,27,29)/b17-12+. The van der Waals surface area contributed by atoms with Crippen molar-refractivity contribution in [3.05, 3.63) is 70.4 Å². The van der Waals surface area contributed by atoms with Gasteiger partial charge in [0, 0.05) is 22.5 Å². The number of pyridine rings is 1. The van der Waals surface area contributed by atoms with Gasteiger partial charge >= 0.3 is 0 Å². The Balaban J connectivity index is 1.92. The van der Waals surface area contributed by atoms with Crippen LogP contribution < -0.4 is 11.1 Å². The number of aromatic nitrogens is 1. The van der Waals surface area contributed by atoms with Gasteiger partial charge in [0.25, 0.3) is 5.91 Å². The lowest BCUT2D eigenvalue weighted by Crippen LogP contribution is -2.13. The molecule has 0 saturated heterocycles. The highest BCUT2D eigenvalue weighted by molar-refractivity contribution is 6.10. The van der Waals surface area contributed by atoms with Crippen LogP contribution in [0.2, 0.25) is 0 Å². The Hall–Kier alpha value is -3.65. The molecule has 0 spiro atoms. The van der Waals surface area contributed by atoms with Gasteiger partial charge in [-0.25, -0.2) is 0 Å². The number of carbonyl (C=O) groups is 1. The molecule has 0 aliphatic carbocycles. The van der Waals surface area contributed by atoms with Crippen LogP contribution in [0.4, 0.5) is 11.4 Å². The van der Waals surface area contributed by atoms with Crippen LogP contribution in [0.25, 0.3) is 17.0 Å². The number of amides is 1. The first-order chi connectivity index (χ1) is 14.0. The number of rotatable bonds is 5. The van der Waals surface area contributed by atoms with Gasteiger partial charge in [-0.1, -0.05) is 43.7 Å². The summed E-state index contributed by atoms with van der Waals surface area (Å²) in [4.78, 5) is 17.3. The van der Waals surface area contributed by atoms with E-state index in [9.17, 15) is 10.1 Å². The first-order valence-corrected chi connectivity index (χ1v) is 9.67. The number of nitrogens with one attached hydrogen (secondary N) is 1. The van der Waals surface area contributed by atoms with E-state index in [0.717, 1.165) is 46.1 Å². The number of nitrogens with zero attached hydrogens (tertiary/aromatic N) is 2. The average Bonchev–Trinajstić information content (AvgIpc) is 2.73. The fraction of sp³-hybridized carbons (Fsp3) is 0.208. The van der Waals surface area contributed by atoms with Crippen LogP contribution in [-0.4, -0.2) is 10.9 Å². The van der Waals surface area contributed by atoms with E-state index in [4.69, 9.17) is 10.7 Å². The number of fused-ring (bicyclic) bond motifs is 1. The monoisotopic (exact) mass is 384 g/mol. The van der Waals surface area contributed by atoms with Crippen molar-refractivity contribution < 1.29 is 4.79 Å². The molecule has 5 heteroatoms. The summed E-state index contributed by atoms with van der Waals surface area (Å²) >= 11 is 0. The predicted octanol–water partition coefficient (Wildman–Crippen LogP) is 4.80. The van der Waals surface area contributed by atoms with Crippen LogP contribution in [0.1, 0.15) is 36.2 Å². The number of nitrogens with two attached hydrogens (primary N) is 1. The normalized spacial score (nSPS) is 11.3. The third kappa shape index (κ3) is 4.27. The van der Waals surface area contributed by atoms with E-state index in [1.54, 1.807) is 12.1 Å². The van der Waals surface area contributed by atoms with Gasteiger partial charge in [0.2, 0.25) is 0 Å². The van der Waals surface area contributed by atoms with Gasteiger partial charge in [-0.2, -0.15) is 5.26 Å². The van der Waals surface area contributed by atoms with Gasteiger partial charge in [-0.3, -0.25) is 9.78 Å². The Morgan fingerprint density at radius 1 is 1.17 bits per heavy atom. The second kappa shape index (κ2) is 8.57. The highest BCUT2D eigenvalue weighted by Crippen LogP contribution is 2.29. The van der Waals surface area contributed by atoms with E-state index >= 15 is 0 Å². The van der Waals surface area contributed by atoms with E-state index in [2.05, 4.69) is 19.2 Å². The first-order valence-electron chi connectivity index (χ1n) is 9.67. The largest absolute Gasteiger partial charge is 0.398 e. The lowest BCUT2D eigenvalue weighted by atomic mass is 10.0. The summed E-state index contributed by atoms with van der Waals surface area (Å²) in [6, 6.07) is 15.0. The average molecular weight is 384 g/mol. The van der Waals surface area contributed by atoms with Crippen molar-refractivity contribution in [3.63, 3.8) is 0 Å². The fourth-order valence-corrected chi connectivity index (χ4v) is 3.32. The zero-order valence-corrected chi connectivity index (χ0v) is 16.9.